The molecule has 5 atom stereocenters. The second-order valence-corrected chi connectivity index (χ2v) is 8.32. The van der Waals surface area contributed by atoms with Gasteiger partial charge in [-0.3, -0.25) is 19.2 Å². The van der Waals surface area contributed by atoms with E-state index >= 15 is 0 Å². The highest BCUT2D eigenvalue weighted by Gasteiger charge is 2.31. The van der Waals surface area contributed by atoms with Gasteiger partial charge in [0.15, 0.2) is 0 Å². The number of aliphatic carboxylic acids is 2. The Labute approximate surface area is 191 Å². The van der Waals surface area contributed by atoms with E-state index in [4.69, 9.17) is 10.8 Å². The van der Waals surface area contributed by atoms with Crippen molar-refractivity contribution in [3.05, 3.63) is 0 Å². The second-order valence-electron chi connectivity index (χ2n) is 7.33. The molecule has 3 amide bonds. The molecule has 12 nitrogen and oxygen atoms in total. The van der Waals surface area contributed by atoms with Crippen LogP contribution in [0.3, 0.4) is 0 Å². The quantitative estimate of drug-likeness (QED) is 0.137. The first-order chi connectivity index (χ1) is 15.0. The first kappa shape index (κ1) is 29.6. The third-order valence-electron chi connectivity index (χ3n) is 4.88. The lowest BCUT2D eigenvalue weighted by Gasteiger charge is -2.25. The molecule has 0 saturated heterocycles. The lowest BCUT2D eigenvalue weighted by Crippen LogP contribution is -2.58. The zero-order chi connectivity index (χ0) is 24.8. The highest BCUT2D eigenvalue weighted by Crippen LogP contribution is 2.07. The number of nitrogens with two attached hydrogens (primary N) is 1. The molecule has 0 bridgehead atoms. The molecule has 0 aliphatic carbocycles. The summed E-state index contributed by atoms with van der Waals surface area (Å²) in [5, 5.41) is 34.6. The highest BCUT2D eigenvalue weighted by molar-refractivity contribution is 7.98. The molecule has 0 aromatic rings. The number of hydrogen-bond donors (Lipinski definition) is 7. The number of nitrogens with one attached hydrogen (secondary N) is 3. The fourth-order valence-electron chi connectivity index (χ4n) is 2.55. The average molecular weight is 479 g/mol. The van der Waals surface area contributed by atoms with Crippen LogP contribution in [0.5, 0.6) is 0 Å². The summed E-state index contributed by atoms with van der Waals surface area (Å²) in [7, 11) is 0. The van der Waals surface area contributed by atoms with E-state index in [1.54, 1.807) is 13.2 Å². The minimum Gasteiger partial charge on any atom is -0.481 e. The molecule has 8 N–H and O–H groups in total. The minimum atomic E-state index is -1.43. The lowest BCUT2D eigenvalue weighted by atomic mass is 9.99. The molecule has 0 radical (unpaired) electrons. The maximum atomic E-state index is 12.6. The molecule has 5 unspecified atom stereocenters. The van der Waals surface area contributed by atoms with Gasteiger partial charge in [-0.15, -0.1) is 0 Å². The maximum absolute atomic E-state index is 12.6. The molecular formula is C19H34N4O8S. The topological polar surface area (TPSA) is 208 Å². The Bertz CT molecular complexity index is 663. The number of carbonyl (C=O) groups is 5. The van der Waals surface area contributed by atoms with Gasteiger partial charge in [-0.1, -0.05) is 20.3 Å². The van der Waals surface area contributed by atoms with E-state index in [2.05, 4.69) is 16.0 Å². The smallest absolute Gasteiger partial charge is 0.326 e. The van der Waals surface area contributed by atoms with E-state index in [0.29, 0.717) is 12.2 Å². The molecule has 0 saturated carbocycles. The Kier molecular flexibility index (Phi) is 14.3. The zero-order valence-corrected chi connectivity index (χ0v) is 19.3. The number of carboxylic acid groups (broad SMARTS) is 2. The molecule has 0 fully saturated rings. The normalized spacial score (nSPS) is 15.5. The van der Waals surface area contributed by atoms with Crippen LogP contribution in [-0.2, 0) is 24.0 Å². The number of carboxylic acids is 2. The van der Waals surface area contributed by atoms with Crippen molar-refractivity contribution in [3.63, 3.8) is 0 Å². The van der Waals surface area contributed by atoms with Crippen LogP contribution in [0.25, 0.3) is 0 Å². The van der Waals surface area contributed by atoms with Gasteiger partial charge in [0.05, 0.1) is 12.6 Å². The summed E-state index contributed by atoms with van der Waals surface area (Å²) in [6.07, 6.45) is 1.72. The van der Waals surface area contributed by atoms with E-state index in [0.717, 1.165) is 0 Å². The van der Waals surface area contributed by atoms with Gasteiger partial charge in [-0.05, 0) is 30.8 Å². The summed E-state index contributed by atoms with van der Waals surface area (Å²) in [5.74, 6) is -4.69. The van der Waals surface area contributed by atoms with Gasteiger partial charge in [0.2, 0.25) is 17.7 Å². The van der Waals surface area contributed by atoms with Crippen molar-refractivity contribution >= 4 is 41.4 Å². The molecule has 0 aliphatic rings. The van der Waals surface area contributed by atoms with Crippen LogP contribution in [0.15, 0.2) is 0 Å². The molecule has 0 heterocycles. The summed E-state index contributed by atoms with van der Waals surface area (Å²) in [6.45, 7) is 2.80. The summed E-state index contributed by atoms with van der Waals surface area (Å²) >= 11 is 1.39. The van der Waals surface area contributed by atoms with Crippen LogP contribution in [0.4, 0.5) is 0 Å². The monoisotopic (exact) mass is 478 g/mol. The lowest BCUT2D eigenvalue weighted by molar-refractivity contribution is -0.143. The predicted octanol–water partition coefficient (Wildman–Crippen LogP) is -1.49. The number of carbonyl (C=O) groups excluding carboxylic acids is 3. The van der Waals surface area contributed by atoms with Crippen molar-refractivity contribution in [1.29, 1.82) is 0 Å². The number of aliphatic hydroxyl groups excluding tert-OH is 1. The average Bonchev–Trinajstić information content (AvgIpc) is 2.75. The van der Waals surface area contributed by atoms with Crippen LogP contribution < -0.4 is 21.7 Å². The highest BCUT2D eigenvalue weighted by atomic mass is 32.2. The van der Waals surface area contributed by atoms with Crippen molar-refractivity contribution in [3.8, 4) is 0 Å². The van der Waals surface area contributed by atoms with Crippen molar-refractivity contribution in [1.82, 2.24) is 16.0 Å². The first-order valence-corrected chi connectivity index (χ1v) is 11.6. The molecule has 0 aromatic heterocycles. The summed E-state index contributed by atoms with van der Waals surface area (Å²) in [5.41, 5.74) is 5.82. The molecule has 13 heteroatoms. The molecule has 0 rings (SSSR count). The Morgan fingerprint density at radius 1 is 0.906 bits per heavy atom. The molecule has 32 heavy (non-hydrogen) atoms. The van der Waals surface area contributed by atoms with Gasteiger partial charge >= 0.3 is 11.9 Å². The third kappa shape index (κ3) is 10.8. The Hall–Kier alpha value is -2.38. The van der Waals surface area contributed by atoms with Gasteiger partial charge in [-0.25, -0.2) is 4.79 Å². The first-order valence-electron chi connectivity index (χ1n) is 10.2. The van der Waals surface area contributed by atoms with Gasteiger partial charge in [0.1, 0.15) is 18.1 Å². The molecule has 0 spiro atoms. The van der Waals surface area contributed by atoms with Crippen LogP contribution in [0.2, 0.25) is 0 Å². The number of aliphatic hydroxyl groups is 1. The number of amides is 3. The van der Waals surface area contributed by atoms with E-state index in [9.17, 15) is 34.2 Å². The van der Waals surface area contributed by atoms with Crippen LogP contribution in [0, 0.1) is 5.92 Å². The van der Waals surface area contributed by atoms with Crippen LogP contribution in [0.1, 0.15) is 39.5 Å². The van der Waals surface area contributed by atoms with Crippen molar-refractivity contribution in [2.24, 2.45) is 11.7 Å². The number of rotatable bonds is 16. The van der Waals surface area contributed by atoms with E-state index in [-0.39, 0.29) is 18.8 Å². The van der Waals surface area contributed by atoms with Gasteiger partial charge in [-0.2, -0.15) is 11.8 Å². The van der Waals surface area contributed by atoms with E-state index in [1.807, 2.05) is 6.92 Å². The Morgan fingerprint density at radius 3 is 1.91 bits per heavy atom. The summed E-state index contributed by atoms with van der Waals surface area (Å²) in [4.78, 5) is 59.7. The fraction of sp³-hybridized carbons (Fsp3) is 0.737. The minimum absolute atomic E-state index is 0.130. The number of hydrogen-bond acceptors (Lipinski definition) is 8. The standard InChI is InChI=1S/C19H34N4O8S/c1-4-10(2)15(20)18(29)23-13(9-24)17(28)21-11(5-6-14(25)26)16(27)22-12(19(30)31)7-8-32-3/h10-13,15,24H,4-9,20H2,1-3H3,(H,21,28)(H,22,27)(H,23,29)(H,25,26)(H,30,31). The van der Waals surface area contributed by atoms with Crippen LogP contribution >= 0.6 is 11.8 Å². The second kappa shape index (κ2) is 15.4. The Balaban J connectivity index is 5.33. The molecular weight excluding hydrogens is 444 g/mol. The van der Waals surface area contributed by atoms with Crippen LogP contribution in [-0.4, -0.2) is 87.8 Å². The van der Waals surface area contributed by atoms with Crippen molar-refractivity contribution in [2.45, 2.75) is 63.7 Å². The van der Waals surface area contributed by atoms with E-state index in [1.165, 1.54) is 11.8 Å². The SMILES string of the molecule is CCC(C)C(N)C(=O)NC(CO)C(=O)NC(CCC(=O)O)C(=O)NC(CCSC)C(=O)O. The van der Waals surface area contributed by atoms with Gasteiger partial charge in [0, 0.05) is 6.42 Å². The molecule has 184 valence electrons. The molecule has 0 aromatic carbocycles. The zero-order valence-electron chi connectivity index (χ0n) is 18.5. The molecule has 0 aliphatic heterocycles. The summed E-state index contributed by atoms with van der Waals surface area (Å²) < 4.78 is 0. The maximum Gasteiger partial charge on any atom is 0.326 e. The van der Waals surface area contributed by atoms with E-state index < -0.39 is 66.9 Å². The largest absolute Gasteiger partial charge is 0.481 e. The summed E-state index contributed by atoms with van der Waals surface area (Å²) in [6, 6.07) is -4.95. The van der Waals surface area contributed by atoms with Crippen molar-refractivity contribution < 1.29 is 39.3 Å². The number of thioether (sulfide) groups is 1. The predicted molar refractivity (Wildman–Crippen MR) is 118 cm³/mol. The Morgan fingerprint density at radius 2 is 1.44 bits per heavy atom. The fourth-order valence-corrected chi connectivity index (χ4v) is 3.02. The van der Waals surface area contributed by atoms with Gasteiger partial charge in [0.25, 0.3) is 0 Å². The van der Waals surface area contributed by atoms with Crippen molar-refractivity contribution in [2.75, 3.05) is 18.6 Å². The van der Waals surface area contributed by atoms with Gasteiger partial charge < -0.3 is 37.0 Å². The third-order valence-corrected chi connectivity index (χ3v) is 5.52.